The highest BCUT2D eigenvalue weighted by Gasteiger charge is 2.16. The number of rotatable bonds is 7. The van der Waals surface area contributed by atoms with E-state index >= 15 is 0 Å². The van der Waals surface area contributed by atoms with Crippen LogP contribution in [0, 0.1) is 0 Å². The van der Waals surface area contributed by atoms with Gasteiger partial charge in [0.15, 0.2) is 5.58 Å². The first-order valence-electron chi connectivity index (χ1n) is 6.66. The van der Waals surface area contributed by atoms with E-state index in [1.54, 1.807) is 7.11 Å². The summed E-state index contributed by atoms with van der Waals surface area (Å²) in [5.41, 5.74) is 0.772. The number of hydrogen-bond donors (Lipinski definition) is 1. The van der Waals surface area contributed by atoms with Crippen LogP contribution in [-0.2, 0) is 4.74 Å². The summed E-state index contributed by atoms with van der Waals surface area (Å²) in [6, 6.07) is 8.10. The van der Waals surface area contributed by atoms with Crippen LogP contribution in [0.4, 0.5) is 0 Å². The molecule has 0 spiro atoms. The van der Waals surface area contributed by atoms with E-state index in [0.29, 0.717) is 5.02 Å². The molecule has 1 aromatic carbocycles. The van der Waals surface area contributed by atoms with E-state index in [9.17, 15) is 0 Å². The molecule has 0 radical (unpaired) electrons. The van der Waals surface area contributed by atoms with Crippen LogP contribution >= 0.6 is 11.6 Å². The molecular weight excluding hydrogens is 262 g/mol. The van der Waals surface area contributed by atoms with Crippen molar-refractivity contribution in [2.75, 3.05) is 20.3 Å². The van der Waals surface area contributed by atoms with E-state index in [0.717, 1.165) is 42.7 Å². The quantitative estimate of drug-likeness (QED) is 0.774. The fraction of sp³-hybridized carbons (Fsp3) is 0.467. The Bertz CT molecular complexity index is 524. The number of methoxy groups -OCH3 is 1. The van der Waals surface area contributed by atoms with Gasteiger partial charge in [0.1, 0.15) is 5.76 Å². The average Bonchev–Trinajstić information content (AvgIpc) is 2.83. The number of benzene rings is 1. The molecule has 2 aromatic rings. The van der Waals surface area contributed by atoms with Gasteiger partial charge in [0.25, 0.3) is 0 Å². The lowest BCUT2D eigenvalue weighted by molar-refractivity contribution is 0.187. The summed E-state index contributed by atoms with van der Waals surface area (Å²) in [6.45, 7) is 3.77. The maximum Gasteiger partial charge on any atom is 0.152 e. The summed E-state index contributed by atoms with van der Waals surface area (Å²) in [5, 5.41) is 5.16. The van der Waals surface area contributed by atoms with Crippen molar-refractivity contribution in [2.45, 2.75) is 25.8 Å². The predicted octanol–water partition coefficient (Wildman–Crippen LogP) is 4.16. The predicted molar refractivity (Wildman–Crippen MR) is 78.8 cm³/mol. The summed E-state index contributed by atoms with van der Waals surface area (Å²) in [7, 11) is 1.73. The van der Waals surface area contributed by atoms with E-state index < -0.39 is 0 Å². The van der Waals surface area contributed by atoms with Crippen LogP contribution in [-0.4, -0.2) is 20.3 Å². The van der Waals surface area contributed by atoms with Crippen molar-refractivity contribution in [3.63, 3.8) is 0 Å². The van der Waals surface area contributed by atoms with Crippen LogP contribution in [0.3, 0.4) is 0 Å². The Morgan fingerprint density at radius 1 is 1.42 bits per heavy atom. The molecule has 0 saturated heterocycles. The molecule has 19 heavy (non-hydrogen) atoms. The molecule has 0 bridgehead atoms. The molecule has 0 saturated carbocycles. The number of halogens is 1. The molecule has 1 aromatic heterocycles. The van der Waals surface area contributed by atoms with Crippen LogP contribution in [0.25, 0.3) is 11.0 Å². The third kappa shape index (κ3) is 3.50. The molecule has 4 heteroatoms. The Labute approximate surface area is 118 Å². The maximum absolute atomic E-state index is 6.14. The zero-order chi connectivity index (χ0) is 13.7. The van der Waals surface area contributed by atoms with Gasteiger partial charge in [-0.05, 0) is 31.5 Å². The van der Waals surface area contributed by atoms with Crippen LogP contribution in [0.1, 0.15) is 31.6 Å². The fourth-order valence-corrected chi connectivity index (χ4v) is 2.46. The van der Waals surface area contributed by atoms with E-state index in [4.69, 9.17) is 20.8 Å². The molecule has 0 fully saturated rings. The first-order chi connectivity index (χ1) is 9.26. The fourth-order valence-electron chi connectivity index (χ4n) is 2.24. The highest BCUT2D eigenvalue weighted by atomic mass is 35.5. The molecule has 1 N–H and O–H groups in total. The number of furan rings is 1. The summed E-state index contributed by atoms with van der Waals surface area (Å²) >= 11 is 6.14. The zero-order valence-electron chi connectivity index (χ0n) is 11.4. The zero-order valence-corrected chi connectivity index (χ0v) is 12.2. The molecule has 0 aliphatic rings. The summed E-state index contributed by atoms with van der Waals surface area (Å²) in [5.74, 6) is 0.945. The van der Waals surface area contributed by atoms with Gasteiger partial charge < -0.3 is 14.5 Å². The van der Waals surface area contributed by atoms with Gasteiger partial charge in [-0.2, -0.15) is 0 Å². The van der Waals surface area contributed by atoms with Crippen LogP contribution in [0.5, 0.6) is 0 Å². The molecule has 1 unspecified atom stereocenters. The standard InChI is InChI=1S/C15H20ClNO2/c1-3-17-13(8-5-9-18-2)14-10-11-6-4-7-12(16)15(11)19-14/h4,6-7,10,13,17H,3,5,8-9H2,1-2H3. The van der Waals surface area contributed by atoms with Crippen molar-refractivity contribution in [3.05, 3.63) is 35.0 Å². The SMILES string of the molecule is CCNC(CCCOC)c1cc2cccc(Cl)c2o1. The smallest absolute Gasteiger partial charge is 0.152 e. The highest BCUT2D eigenvalue weighted by molar-refractivity contribution is 6.34. The second-order valence-corrected chi connectivity index (χ2v) is 4.96. The lowest BCUT2D eigenvalue weighted by Crippen LogP contribution is -2.20. The topological polar surface area (TPSA) is 34.4 Å². The molecule has 104 valence electrons. The van der Waals surface area contributed by atoms with E-state index in [-0.39, 0.29) is 6.04 Å². The number of hydrogen-bond acceptors (Lipinski definition) is 3. The lowest BCUT2D eigenvalue weighted by Gasteiger charge is -2.14. The Balaban J connectivity index is 2.20. The first-order valence-corrected chi connectivity index (χ1v) is 7.04. The molecular formula is C15H20ClNO2. The van der Waals surface area contributed by atoms with E-state index in [1.807, 2.05) is 18.2 Å². The minimum absolute atomic E-state index is 0.212. The molecule has 1 atom stereocenters. The number of fused-ring (bicyclic) bond motifs is 1. The third-order valence-corrected chi connectivity index (χ3v) is 3.45. The lowest BCUT2D eigenvalue weighted by atomic mass is 10.1. The van der Waals surface area contributed by atoms with Gasteiger partial charge in [0.2, 0.25) is 0 Å². The van der Waals surface area contributed by atoms with Gasteiger partial charge in [-0.3, -0.25) is 0 Å². The Morgan fingerprint density at radius 2 is 2.26 bits per heavy atom. The second kappa shape index (κ2) is 6.94. The molecule has 2 rings (SSSR count). The Hall–Kier alpha value is -1.03. The van der Waals surface area contributed by atoms with Crippen LogP contribution in [0.15, 0.2) is 28.7 Å². The largest absolute Gasteiger partial charge is 0.458 e. The molecule has 0 amide bonds. The minimum Gasteiger partial charge on any atom is -0.458 e. The van der Waals surface area contributed by atoms with Gasteiger partial charge >= 0.3 is 0 Å². The second-order valence-electron chi connectivity index (χ2n) is 4.55. The summed E-state index contributed by atoms with van der Waals surface area (Å²) in [6.07, 6.45) is 1.98. The van der Waals surface area contributed by atoms with Crippen molar-refractivity contribution in [1.82, 2.24) is 5.32 Å². The third-order valence-electron chi connectivity index (χ3n) is 3.15. The summed E-state index contributed by atoms with van der Waals surface area (Å²) in [4.78, 5) is 0. The molecule has 0 aliphatic heterocycles. The van der Waals surface area contributed by atoms with Crippen LogP contribution < -0.4 is 5.32 Å². The molecule has 3 nitrogen and oxygen atoms in total. The van der Waals surface area contributed by atoms with E-state index in [1.165, 1.54) is 0 Å². The Kier molecular flexibility index (Phi) is 5.25. The minimum atomic E-state index is 0.212. The highest BCUT2D eigenvalue weighted by Crippen LogP contribution is 2.30. The van der Waals surface area contributed by atoms with Gasteiger partial charge in [0.05, 0.1) is 11.1 Å². The average molecular weight is 282 g/mol. The van der Waals surface area contributed by atoms with Gasteiger partial charge in [-0.15, -0.1) is 0 Å². The first kappa shape index (κ1) is 14.4. The van der Waals surface area contributed by atoms with Crippen LogP contribution in [0.2, 0.25) is 5.02 Å². The normalized spacial score (nSPS) is 13.0. The number of ether oxygens (including phenoxy) is 1. The van der Waals surface area contributed by atoms with Gasteiger partial charge in [-0.1, -0.05) is 30.7 Å². The van der Waals surface area contributed by atoms with Gasteiger partial charge in [-0.25, -0.2) is 0 Å². The molecule has 0 aliphatic carbocycles. The number of nitrogens with one attached hydrogen (secondary N) is 1. The maximum atomic E-state index is 6.14. The Morgan fingerprint density at radius 3 is 2.95 bits per heavy atom. The number of para-hydroxylation sites is 1. The van der Waals surface area contributed by atoms with E-state index in [2.05, 4.69) is 18.3 Å². The van der Waals surface area contributed by atoms with Crippen molar-refractivity contribution in [1.29, 1.82) is 0 Å². The van der Waals surface area contributed by atoms with Crippen molar-refractivity contribution in [2.24, 2.45) is 0 Å². The summed E-state index contributed by atoms with van der Waals surface area (Å²) < 4.78 is 11.0. The van der Waals surface area contributed by atoms with Gasteiger partial charge in [0, 0.05) is 19.1 Å². The van der Waals surface area contributed by atoms with Crippen molar-refractivity contribution < 1.29 is 9.15 Å². The van der Waals surface area contributed by atoms with Crippen molar-refractivity contribution >= 4 is 22.6 Å². The molecule has 1 heterocycles. The monoisotopic (exact) mass is 281 g/mol. The van der Waals surface area contributed by atoms with Crippen molar-refractivity contribution in [3.8, 4) is 0 Å².